The van der Waals surface area contributed by atoms with E-state index >= 15 is 0 Å². The summed E-state index contributed by atoms with van der Waals surface area (Å²) in [5.41, 5.74) is 0.443. The van der Waals surface area contributed by atoms with Gasteiger partial charge in [0.25, 0.3) is 5.91 Å². The molecule has 1 amide bonds. The summed E-state index contributed by atoms with van der Waals surface area (Å²) in [6.07, 6.45) is 2.07. The minimum atomic E-state index is -0.00880. The van der Waals surface area contributed by atoms with Crippen molar-refractivity contribution in [3.63, 3.8) is 0 Å². The van der Waals surface area contributed by atoms with Gasteiger partial charge in [0.05, 0.1) is 0 Å². The predicted molar refractivity (Wildman–Crippen MR) is 81.1 cm³/mol. The summed E-state index contributed by atoms with van der Waals surface area (Å²) in [6, 6.07) is 5.78. The summed E-state index contributed by atoms with van der Waals surface area (Å²) in [5, 5.41) is 0.369. The number of aromatic nitrogens is 1. The van der Waals surface area contributed by atoms with Crippen LogP contribution in [0.25, 0.3) is 0 Å². The lowest BCUT2D eigenvalue weighted by atomic mass is 10.0. The summed E-state index contributed by atoms with van der Waals surface area (Å²) < 4.78 is 0. The van der Waals surface area contributed by atoms with E-state index in [2.05, 4.69) is 23.7 Å². The van der Waals surface area contributed by atoms with E-state index in [4.69, 9.17) is 11.6 Å². The Bertz CT molecular complexity index is 454. The summed E-state index contributed by atoms with van der Waals surface area (Å²) in [5.74, 6) is -0.00880. The van der Waals surface area contributed by atoms with E-state index in [0.717, 1.165) is 39.0 Å². The molecule has 0 spiro atoms. The van der Waals surface area contributed by atoms with Gasteiger partial charge in [0.15, 0.2) is 0 Å². The van der Waals surface area contributed by atoms with Crippen LogP contribution in [0, 0.1) is 0 Å². The van der Waals surface area contributed by atoms with Crippen molar-refractivity contribution in [2.75, 3.05) is 26.2 Å². The van der Waals surface area contributed by atoms with Crippen LogP contribution in [0.15, 0.2) is 18.2 Å². The molecule has 1 saturated heterocycles. The van der Waals surface area contributed by atoms with Crippen molar-refractivity contribution < 1.29 is 4.79 Å². The van der Waals surface area contributed by atoms with Crippen LogP contribution in [0.3, 0.4) is 0 Å². The van der Waals surface area contributed by atoms with Crippen LogP contribution in [0.2, 0.25) is 5.15 Å². The molecule has 20 heavy (non-hydrogen) atoms. The summed E-state index contributed by atoms with van der Waals surface area (Å²) in [6.45, 7) is 8.13. The Hall–Kier alpha value is -1.13. The first kappa shape index (κ1) is 15.3. The molecule has 4 nitrogen and oxygen atoms in total. The first-order valence-corrected chi connectivity index (χ1v) is 7.69. The highest BCUT2D eigenvalue weighted by molar-refractivity contribution is 6.29. The normalized spacial score (nSPS) is 16.7. The third-order valence-corrected chi connectivity index (χ3v) is 4.23. The van der Waals surface area contributed by atoms with Gasteiger partial charge in [-0.2, -0.15) is 0 Å². The SMILES string of the molecule is CCN(CC)C1CCN(C(=O)c2cccc(Cl)n2)CC1. The molecule has 0 aromatic carbocycles. The fraction of sp³-hybridized carbons (Fsp3) is 0.600. The molecule has 110 valence electrons. The predicted octanol–water partition coefficient (Wildman–Crippen LogP) is 2.68. The molecule has 5 heteroatoms. The molecule has 2 rings (SSSR count). The third-order valence-electron chi connectivity index (χ3n) is 4.01. The number of amides is 1. The molecule has 0 bridgehead atoms. The van der Waals surface area contributed by atoms with E-state index in [1.165, 1.54) is 0 Å². The zero-order chi connectivity index (χ0) is 14.5. The number of halogens is 1. The minimum absolute atomic E-state index is 0.00880. The van der Waals surface area contributed by atoms with Crippen molar-refractivity contribution in [3.8, 4) is 0 Å². The number of carbonyl (C=O) groups excluding carboxylic acids is 1. The first-order valence-electron chi connectivity index (χ1n) is 7.31. The molecule has 1 aromatic rings. The van der Waals surface area contributed by atoms with Gasteiger partial charge in [0, 0.05) is 19.1 Å². The zero-order valence-electron chi connectivity index (χ0n) is 12.2. The molecular formula is C15H22ClN3O. The number of hydrogen-bond acceptors (Lipinski definition) is 3. The van der Waals surface area contributed by atoms with Gasteiger partial charge in [-0.15, -0.1) is 0 Å². The van der Waals surface area contributed by atoms with Crippen LogP contribution in [0.4, 0.5) is 0 Å². The lowest BCUT2D eigenvalue weighted by Gasteiger charge is -2.37. The molecule has 0 unspecified atom stereocenters. The van der Waals surface area contributed by atoms with Crippen molar-refractivity contribution in [2.24, 2.45) is 0 Å². The third kappa shape index (κ3) is 3.49. The Kier molecular flexibility index (Phi) is 5.38. The molecule has 0 radical (unpaired) electrons. The maximum atomic E-state index is 12.4. The molecule has 1 aliphatic heterocycles. The summed E-state index contributed by atoms with van der Waals surface area (Å²) in [4.78, 5) is 20.8. The Balaban J connectivity index is 1.95. The van der Waals surface area contributed by atoms with Gasteiger partial charge < -0.3 is 9.80 Å². The maximum Gasteiger partial charge on any atom is 0.272 e. The van der Waals surface area contributed by atoms with Crippen LogP contribution >= 0.6 is 11.6 Å². The van der Waals surface area contributed by atoms with Crippen LogP contribution in [0.5, 0.6) is 0 Å². The average molecular weight is 296 g/mol. The minimum Gasteiger partial charge on any atom is -0.337 e. The number of rotatable bonds is 4. The number of nitrogens with zero attached hydrogens (tertiary/aromatic N) is 3. The van der Waals surface area contributed by atoms with Crippen LogP contribution in [-0.4, -0.2) is 52.9 Å². The van der Waals surface area contributed by atoms with Crippen molar-refractivity contribution in [3.05, 3.63) is 29.0 Å². The molecule has 1 aliphatic rings. The smallest absolute Gasteiger partial charge is 0.272 e. The van der Waals surface area contributed by atoms with Crippen LogP contribution < -0.4 is 0 Å². The van der Waals surface area contributed by atoms with Crippen LogP contribution in [-0.2, 0) is 0 Å². The number of piperidine rings is 1. The standard InChI is InChI=1S/C15H22ClN3O/c1-3-18(4-2)12-8-10-19(11-9-12)15(20)13-6-5-7-14(16)17-13/h5-7,12H,3-4,8-11H2,1-2H3. The first-order chi connectivity index (χ1) is 9.65. The van der Waals surface area contributed by atoms with E-state index in [0.29, 0.717) is 16.9 Å². The maximum absolute atomic E-state index is 12.4. The van der Waals surface area contributed by atoms with E-state index in [1.807, 2.05) is 4.90 Å². The van der Waals surface area contributed by atoms with Gasteiger partial charge in [-0.1, -0.05) is 31.5 Å². The van der Waals surface area contributed by atoms with Crippen LogP contribution in [0.1, 0.15) is 37.2 Å². The highest BCUT2D eigenvalue weighted by atomic mass is 35.5. The van der Waals surface area contributed by atoms with Crippen molar-refractivity contribution in [1.82, 2.24) is 14.8 Å². The molecule has 0 saturated carbocycles. The topological polar surface area (TPSA) is 36.4 Å². The van der Waals surface area contributed by atoms with Crippen molar-refractivity contribution in [1.29, 1.82) is 0 Å². The van der Waals surface area contributed by atoms with E-state index in [1.54, 1.807) is 18.2 Å². The molecule has 1 aromatic heterocycles. The largest absolute Gasteiger partial charge is 0.337 e. The Morgan fingerprint density at radius 2 is 2.00 bits per heavy atom. The summed E-state index contributed by atoms with van der Waals surface area (Å²) in [7, 11) is 0. The Morgan fingerprint density at radius 3 is 2.55 bits per heavy atom. The van der Waals surface area contributed by atoms with Crippen molar-refractivity contribution in [2.45, 2.75) is 32.7 Å². The monoisotopic (exact) mass is 295 g/mol. The van der Waals surface area contributed by atoms with Gasteiger partial charge in [0.1, 0.15) is 10.8 Å². The molecule has 0 N–H and O–H groups in total. The van der Waals surface area contributed by atoms with Gasteiger partial charge in [-0.3, -0.25) is 4.79 Å². The Morgan fingerprint density at radius 1 is 1.35 bits per heavy atom. The molecule has 0 aliphatic carbocycles. The van der Waals surface area contributed by atoms with Gasteiger partial charge in [-0.05, 0) is 38.1 Å². The number of hydrogen-bond donors (Lipinski definition) is 0. The van der Waals surface area contributed by atoms with Gasteiger partial charge >= 0.3 is 0 Å². The molecule has 0 atom stereocenters. The van der Waals surface area contributed by atoms with E-state index in [-0.39, 0.29) is 5.91 Å². The lowest BCUT2D eigenvalue weighted by Crippen LogP contribution is -2.46. The number of pyridine rings is 1. The second kappa shape index (κ2) is 7.04. The van der Waals surface area contributed by atoms with E-state index < -0.39 is 0 Å². The van der Waals surface area contributed by atoms with E-state index in [9.17, 15) is 4.79 Å². The summed E-state index contributed by atoms with van der Waals surface area (Å²) >= 11 is 5.84. The lowest BCUT2D eigenvalue weighted by molar-refractivity contribution is 0.0626. The average Bonchev–Trinajstić information content (AvgIpc) is 2.48. The van der Waals surface area contributed by atoms with Gasteiger partial charge in [0.2, 0.25) is 0 Å². The number of carbonyl (C=O) groups is 1. The number of likely N-dealkylation sites (tertiary alicyclic amines) is 1. The molecule has 2 heterocycles. The highest BCUT2D eigenvalue weighted by Crippen LogP contribution is 2.18. The second-order valence-corrected chi connectivity index (χ2v) is 5.48. The van der Waals surface area contributed by atoms with Crippen molar-refractivity contribution >= 4 is 17.5 Å². The zero-order valence-corrected chi connectivity index (χ0v) is 12.9. The second-order valence-electron chi connectivity index (χ2n) is 5.09. The quantitative estimate of drug-likeness (QED) is 0.801. The fourth-order valence-corrected chi connectivity index (χ4v) is 3.03. The fourth-order valence-electron chi connectivity index (χ4n) is 2.86. The molecular weight excluding hydrogens is 274 g/mol. The molecule has 1 fully saturated rings. The highest BCUT2D eigenvalue weighted by Gasteiger charge is 2.26. The Labute approximate surface area is 125 Å². The van der Waals surface area contributed by atoms with Gasteiger partial charge in [-0.25, -0.2) is 4.98 Å².